The van der Waals surface area contributed by atoms with Crippen molar-refractivity contribution in [3.05, 3.63) is 179 Å². The molecule has 5 aromatic rings. The third kappa shape index (κ3) is 10.2. The van der Waals surface area contributed by atoms with Gasteiger partial charge in [-0.1, -0.05) is 152 Å². The number of carbonyl (C=O) groups is 1. The highest BCUT2D eigenvalue weighted by molar-refractivity contribution is 5.73. The fourth-order valence-electron chi connectivity index (χ4n) is 8.18. The molecule has 1 unspecified atom stereocenters. The van der Waals surface area contributed by atoms with E-state index in [1.807, 2.05) is 159 Å². The summed E-state index contributed by atoms with van der Waals surface area (Å²) < 4.78 is 53.6. The van der Waals surface area contributed by atoms with E-state index in [1.165, 1.54) is 6.92 Å². The number of hydrogen-bond donors (Lipinski definition) is 1. The van der Waals surface area contributed by atoms with Crippen LogP contribution in [0.3, 0.4) is 0 Å². The van der Waals surface area contributed by atoms with Crippen molar-refractivity contribution in [1.82, 2.24) is 4.90 Å². The summed E-state index contributed by atoms with van der Waals surface area (Å²) in [6.45, 7) is 4.53. The van der Waals surface area contributed by atoms with Gasteiger partial charge in [-0.2, -0.15) is 0 Å². The molecular formula is C49H53NO10. The first-order valence-corrected chi connectivity index (χ1v) is 20.7. The Hall–Kier alpha value is -4.79. The van der Waals surface area contributed by atoms with E-state index in [0.29, 0.717) is 6.61 Å². The zero-order valence-electron chi connectivity index (χ0n) is 33.9. The number of aliphatic hydroxyl groups is 1. The number of nitrogens with zero attached hydrogens (tertiary/aromatic N) is 1. The lowest BCUT2D eigenvalue weighted by Gasteiger charge is -2.53. The van der Waals surface area contributed by atoms with Crippen LogP contribution in [0.1, 0.15) is 48.0 Å². The van der Waals surface area contributed by atoms with Crippen molar-refractivity contribution in [1.29, 1.82) is 0 Å². The van der Waals surface area contributed by atoms with Crippen LogP contribution in [0.2, 0.25) is 0 Å². The second kappa shape index (κ2) is 20.2. The number of aliphatic hydroxyl groups excluding tert-OH is 1. The summed E-state index contributed by atoms with van der Waals surface area (Å²) >= 11 is 0. The van der Waals surface area contributed by atoms with Crippen LogP contribution in [0, 0.1) is 0 Å². The molecule has 0 aromatic heterocycles. The third-order valence-electron chi connectivity index (χ3n) is 11.2. The van der Waals surface area contributed by atoms with Gasteiger partial charge in [0.15, 0.2) is 18.9 Å². The van der Waals surface area contributed by atoms with Crippen LogP contribution in [0.15, 0.2) is 152 Å². The summed E-state index contributed by atoms with van der Waals surface area (Å²) in [6, 6.07) is 48.0. The Labute approximate surface area is 351 Å². The number of rotatable bonds is 15. The minimum atomic E-state index is -1.46. The van der Waals surface area contributed by atoms with E-state index in [9.17, 15) is 9.90 Å². The first kappa shape index (κ1) is 41.9. The Balaban J connectivity index is 1.17. The second-order valence-corrected chi connectivity index (χ2v) is 15.5. The molecule has 3 heterocycles. The number of fused-ring (bicyclic) bond motifs is 1. The first-order chi connectivity index (χ1) is 29.4. The molecule has 3 saturated heterocycles. The average molecular weight is 816 g/mol. The van der Waals surface area contributed by atoms with E-state index in [4.69, 9.17) is 37.9 Å². The Bertz CT molecular complexity index is 2050. The Kier molecular flexibility index (Phi) is 14.1. The van der Waals surface area contributed by atoms with Gasteiger partial charge in [0.2, 0.25) is 5.91 Å². The molecule has 1 N–H and O–H groups in total. The van der Waals surface area contributed by atoms with Crippen molar-refractivity contribution in [2.24, 2.45) is 0 Å². The van der Waals surface area contributed by atoms with E-state index in [0.717, 1.165) is 27.8 Å². The maximum atomic E-state index is 13.7. The quantitative estimate of drug-likeness (QED) is 0.117. The summed E-state index contributed by atoms with van der Waals surface area (Å²) in [5.41, 5.74) is 4.61. The maximum absolute atomic E-state index is 13.7. The molecule has 0 radical (unpaired) electrons. The summed E-state index contributed by atoms with van der Waals surface area (Å²) in [5.74, 6) is -0.279. The SMILES string of the molecule is CC(=O)N(Cc1ccccc1)[C@@H]1[C@@H](O[C@@H]2O[C@@H](C)[C@@H](OCc3ccccc3)[C@@H](OCc3ccccc3)[C@@H]2OCc2ccccc2)[C@@H]2OC(c3ccccc3)OC[C@H]2O[C@@H]1O. The molecule has 8 rings (SSSR count). The summed E-state index contributed by atoms with van der Waals surface area (Å²) in [7, 11) is 0. The van der Waals surface area contributed by atoms with Crippen LogP contribution >= 0.6 is 0 Å². The molecular weight excluding hydrogens is 763 g/mol. The van der Waals surface area contributed by atoms with Gasteiger partial charge in [0.05, 0.1) is 32.5 Å². The van der Waals surface area contributed by atoms with E-state index >= 15 is 0 Å². The average Bonchev–Trinajstić information content (AvgIpc) is 3.28. The molecule has 0 spiro atoms. The molecule has 11 atom stereocenters. The van der Waals surface area contributed by atoms with Gasteiger partial charge in [-0.3, -0.25) is 4.79 Å². The number of amides is 1. The second-order valence-electron chi connectivity index (χ2n) is 15.5. The van der Waals surface area contributed by atoms with Crippen LogP contribution in [-0.4, -0.2) is 83.9 Å². The Morgan fingerprint density at radius 2 is 1.10 bits per heavy atom. The molecule has 1 amide bonds. The predicted molar refractivity (Wildman–Crippen MR) is 222 cm³/mol. The fourth-order valence-corrected chi connectivity index (χ4v) is 8.18. The molecule has 314 valence electrons. The van der Waals surface area contributed by atoms with Crippen molar-refractivity contribution in [3.63, 3.8) is 0 Å². The van der Waals surface area contributed by atoms with E-state index < -0.39 is 67.6 Å². The molecule has 0 bridgehead atoms. The highest BCUT2D eigenvalue weighted by atomic mass is 16.8. The van der Waals surface area contributed by atoms with Crippen LogP contribution < -0.4 is 0 Å². The van der Waals surface area contributed by atoms with Gasteiger partial charge in [0.25, 0.3) is 0 Å². The molecule has 3 aliphatic heterocycles. The molecule has 5 aromatic carbocycles. The standard InChI is InChI=1S/C49H53NO10/c1-33-42(53-29-36-20-10-4-11-21-36)45(54-30-37-22-12-5-13-23-37)46(55-31-38-24-14-6-15-25-38)49(57-33)60-44-41(50(34(2)51)28-35-18-8-3-9-19-35)47(52)58-40-32-56-48(59-43(40)44)39-26-16-7-17-27-39/h3-27,33,40-49,52H,28-32H2,1-2H3/t33-,40+,41+,42+,43+,44+,45+,46-,47-,48?,49-/m0/s1. The highest BCUT2D eigenvalue weighted by Gasteiger charge is 2.56. The van der Waals surface area contributed by atoms with Crippen LogP contribution in [-0.2, 0) is 69.1 Å². The number of ether oxygens (including phenoxy) is 8. The van der Waals surface area contributed by atoms with Gasteiger partial charge in [0, 0.05) is 19.0 Å². The van der Waals surface area contributed by atoms with E-state index in [-0.39, 0.29) is 32.3 Å². The van der Waals surface area contributed by atoms with Crippen LogP contribution in [0.5, 0.6) is 0 Å². The van der Waals surface area contributed by atoms with Crippen LogP contribution in [0.25, 0.3) is 0 Å². The van der Waals surface area contributed by atoms with Crippen LogP contribution in [0.4, 0.5) is 0 Å². The molecule has 3 aliphatic rings. The van der Waals surface area contributed by atoms with Gasteiger partial charge in [-0.05, 0) is 29.2 Å². The normalized spacial score (nSPS) is 29.0. The van der Waals surface area contributed by atoms with Crippen molar-refractivity contribution in [2.45, 2.75) is 108 Å². The van der Waals surface area contributed by atoms with Crippen molar-refractivity contribution >= 4 is 5.91 Å². The smallest absolute Gasteiger partial charge is 0.220 e. The largest absolute Gasteiger partial charge is 0.368 e. The van der Waals surface area contributed by atoms with Crippen molar-refractivity contribution < 1.29 is 47.8 Å². The van der Waals surface area contributed by atoms with Crippen molar-refractivity contribution in [3.8, 4) is 0 Å². The van der Waals surface area contributed by atoms with Gasteiger partial charge < -0.3 is 47.9 Å². The zero-order valence-corrected chi connectivity index (χ0v) is 33.9. The minimum Gasteiger partial charge on any atom is -0.368 e. The third-order valence-corrected chi connectivity index (χ3v) is 11.2. The minimum absolute atomic E-state index is 0.112. The fraction of sp³-hybridized carbons (Fsp3) is 0.367. The maximum Gasteiger partial charge on any atom is 0.220 e. The molecule has 0 saturated carbocycles. The summed E-state index contributed by atoms with van der Waals surface area (Å²) in [6.07, 6.45) is -8.48. The Morgan fingerprint density at radius 1 is 0.617 bits per heavy atom. The Morgan fingerprint density at radius 3 is 1.63 bits per heavy atom. The summed E-state index contributed by atoms with van der Waals surface area (Å²) in [4.78, 5) is 15.3. The predicted octanol–water partition coefficient (Wildman–Crippen LogP) is 7.12. The van der Waals surface area contributed by atoms with Crippen molar-refractivity contribution in [2.75, 3.05) is 6.61 Å². The topological polar surface area (TPSA) is 114 Å². The number of benzene rings is 5. The summed E-state index contributed by atoms with van der Waals surface area (Å²) in [5, 5.41) is 11.9. The lowest BCUT2D eigenvalue weighted by molar-refractivity contribution is -0.385. The molecule has 60 heavy (non-hydrogen) atoms. The van der Waals surface area contributed by atoms with Gasteiger partial charge in [0.1, 0.15) is 42.7 Å². The van der Waals surface area contributed by atoms with Gasteiger partial charge >= 0.3 is 0 Å². The molecule has 0 aliphatic carbocycles. The lowest BCUT2D eigenvalue weighted by atomic mass is 9.93. The molecule has 3 fully saturated rings. The zero-order chi connectivity index (χ0) is 41.3. The van der Waals surface area contributed by atoms with Gasteiger partial charge in [-0.15, -0.1) is 0 Å². The van der Waals surface area contributed by atoms with E-state index in [2.05, 4.69) is 0 Å². The molecule has 11 nitrogen and oxygen atoms in total. The number of hydrogen-bond acceptors (Lipinski definition) is 10. The lowest BCUT2D eigenvalue weighted by Crippen LogP contribution is -2.69. The molecule has 11 heteroatoms. The van der Waals surface area contributed by atoms with E-state index in [1.54, 1.807) is 4.90 Å². The number of carbonyl (C=O) groups excluding carboxylic acids is 1. The highest BCUT2D eigenvalue weighted by Crippen LogP contribution is 2.40. The first-order valence-electron chi connectivity index (χ1n) is 20.7. The van der Waals surface area contributed by atoms with Gasteiger partial charge in [-0.25, -0.2) is 0 Å². The monoisotopic (exact) mass is 815 g/mol.